The van der Waals surface area contributed by atoms with Gasteiger partial charge in [-0.3, -0.25) is 0 Å². The van der Waals surface area contributed by atoms with E-state index in [9.17, 15) is 0 Å². The summed E-state index contributed by atoms with van der Waals surface area (Å²) >= 11 is 0. The van der Waals surface area contributed by atoms with Crippen molar-refractivity contribution in [2.24, 2.45) is 0 Å². The van der Waals surface area contributed by atoms with Crippen LogP contribution in [-0.2, 0) is 5.41 Å². The first-order chi connectivity index (χ1) is 60.7. The number of hydrogen-bond donors (Lipinski definition) is 0. The third-order valence-electron chi connectivity index (χ3n) is 26.4. The summed E-state index contributed by atoms with van der Waals surface area (Å²) in [6.45, 7) is 13.6. The first kappa shape index (κ1) is 71.8. The summed E-state index contributed by atoms with van der Waals surface area (Å²) in [4.78, 5) is 0. The van der Waals surface area contributed by atoms with Crippen LogP contribution in [0.1, 0.15) is 33.4 Å². The van der Waals surface area contributed by atoms with Crippen LogP contribution in [0.5, 0.6) is 0 Å². The van der Waals surface area contributed by atoms with Gasteiger partial charge in [-0.15, -0.1) is 11.1 Å². The van der Waals surface area contributed by atoms with Gasteiger partial charge in [0.05, 0.1) is 11.0 Å². The SMILES string of the molecule is C[Si](C)(C)C#Cc1ccc2oc3ccc(-c4ccc5ccc6cccc7ccc4c5c67)cc3c2c1.C[Si](C)(C)C#Cc1cccc2c1oc1ccc(-c3ccc4ccc5cccc6ccc3c4c56)cc12.c1ccc2c(c1)-c1ccccc1C21c2ccccc2-c2ccc(-c3ccc4oc5ccc(-c6ccc7ccc8cccc9ccc6c7c89)cc5c4c3)cc21. The minimum absolute atomic E-state index is 0.364. The van der Waals surface area contributed by atoms with Crippen molar-refractivity contribution in [3.8, 4) is 89.7 Å². The topological polar surface area (TPSA) is 39.4 Å². The Kier molecular flexibility index (Phi) is 15.6. The van der Waals surface area contributed by atoms with Gasteiger partial charge in [-0.25, -0.2) is 0 Å². The minimum Gasteiger partial charge on any atom is -0.456 e. The van der Waals surface area contributed by atoms with Gasteiger partial charge in [0.25, 0.3) is 0 Å². The Morgan fingerprint density at radius 1 is 0.210 bits per heavy atom. The molecule has 3 heterocycles. The van der Waals surface area contributed by atoms with E-state index in [2.05, 4.69) is 426 Å². The lowest BCUT2D eigenvalue weighted by molar-refractivity contribution is 0.667. The zero-order valence-electron chi connectivity index (χ0n) is 69.4. The maximum absolute atomic E-state index is 6.48. The van der Waals surface area contributed by atoms with Crippen molar-refractivity contribution in [2.45, 2.75) is 44.7 Å². The number of benzene rings is 22. The van der Waals surface area contributed by atoms with Crippen LogP contribution in [0.2, 0.25) is 39.3 Å². The van der Waals surface area contributed by atoms with Gasteiger partial charge < -0.3 is 13.3 Å². The van der Waals surface area contributed by atoms with E-state index in [-0.39, 0.29) is 5.41 Å². The molecule has 3 nitrogen and oxygen atoms in total. The Hall–Kier alpha value is -15.1. The largest absolute Gasteiger partial charge is 0.456 e. The van der Waals surface area contributed by atoms with Crippen LogP contribution in [0.15, 0.2) is 377 Å². The molecule has 3 aromatic heterocycles. The Morgan fingerprint density at radius 3 is 0.960 bits per heavy atom. The maximum atomic E-state index is 6.48. The highest BCUT2D eigenvalue weighted by atomic mass is 28.3. The third kappa shape index (κ3) is 11.1. The molecule has 0 N–H and O–H groups in total. The van der Waals surface area contributed by atoms with Crippen LogP contribution in [-0.4, -0.2) is 16.1 Å². The second-order valence-corrected chi connectivity index (χ2v) is 45.6. The van der Waals surface area contributed by atoms with Gasteiger partial charge in [-0.2, -0.15) is 0 Å². The summed E-state index contributed by atoms with van der Waals surface area (Å²) < 4.78 is 19.0. The van der Waals surface area contributed by atoms with Crippen molar-refractivity contribution in [1.29, 1.82) is 0 Å². The molecule has 1 spiro atoms. The van der Waals surface area contributed by atoms with Crippen molar-refractivity contribution in [1.82, 2.24) is 0 Å². The molecule has 0 aliphatic heterocycles. The molecule has 0 bridgehead atoms. The predicted molar refractivity (Wildman–Crippen MR) is 531 cm³/mol. The van der Waals surface area contributed by atoms with E-state index in [0.717, 1.165) is 76.9 Å². The molecule has 0 saturated heterocycles. The number of para-hydroxylation sites is 1. The van der Waals surface area contributed by atoms with Gasteiger partial charge in [-0.05, 0) is 265 Å². The monoisotopic (exact) mass is 1610 g/mol. The molecule has 5 heteroatoms. The van der Waals surface area contributed by atoms with Crippen molar-refractivity contribution in [3.05, 3.63) is 397 Å². The number of furan rings is 3. The van der Waals surface area contributed by atoms with Crippen molar-refractivity contribution in [3.63, 3.8) is 0 Å². The summed E-state index contributed by atoms with van der Waals surface area (Å²) in [5.41, 5.74) is 34.6. The molecule has 22 aromatic carbocycles. The van der Waals surface area contributed by atoms with Gasteiger partial charge in [-0.1, -0.05) is 336 Å². The standard InChI is InChI=1S/C53H30O.2C33H24OSi/c1-4-13-45-38(10-1)39-11-2-5-14-46(39)53(45)47-15-6-3-12-40(47)41-24-20-35(30-48(41)53)34-21-26-49-43(28-34)44-29-36(22-27-50(44)54-49)37-23-18-33-17-16-31-8-7-9-32-19-25-42(37)52(33)51(31)32;1-35(2,3)19-18-24-8-5-9-28-29-20-25(14-17-30(29)34-33(24)28)26-15-12-23-11-10-21-6-4-7-22-13-16-27(26)32(23)31(21)22;1-35(2,3)18-17-21-7-15-30-28(19-21)29-20-25(12-16-31(29)34-30)26-13-10-24-9-8-22-5-4-6-23-11-14-27(26)33(24)32(22)23/h1-30H;4-17,20H,1-3H3;4-16,19-20H,1-3H3. The van der Waals surface area contributed by atoms with Gasteiger partial charge in [0.2, 0.25) is 0 Å². The average Bonchev–Trinajstić information content (AvgIpc) is 1.50. The molecule has 580 valence electrons. The molecule has 0 radical (unpaired) electrons. The highest BCUT2D eigenvalue weighted by molar-refractivity contribution is 6.84. The summed E-state index contributed by atoms with van der Waals surface area (Å²) in [5.74, 6) is 6.81. The zero-order valence-corrected chi connectivity index (χ0v) is 71.4. The summed E-state index contributed by atoms with van der Waals surface area (Å²) in [6.07, 6.45) is 0. The van der Waals surface area contributed by atoms with Crippen LogP contribution in [0, 0.1) is 22.9 Å². The second-order valence-electron chi connectivity index (χ2n) is 36.1. The zero-order chi connectivity index (χ0) is 82.6. The molecule has 2 aliphatic rings. The first-order valence-corrected chi connectivity index (χ1v) is 50.1. The minimum atomic E-state index is -1.48. The predicted octanol–water partition coefficient (Wildman–Crippen LogP) is 32.9. The lowest BCUT2D eigenvalue weighted by atomic mass is 9.70. The molecule has 0 amide bonds. The van der Waals surface area contributed by atoms with E-state index < -0.39 is 16.1 Å². The number of rotatable bonds is 4. The smallest absolute Gasteiger partial charge is 0.151 e. The Bertz CT molecular complexity index is 8720. The fourth-order valence-corrected chi connectivity index (χ4v) is 22.0. The van der Waals surface area contributed by atoms with E-state index in [1.54, 1.807) is 0 Å². The molecule has 0 fully saturated rings. The Labute approximate surface area is 718 Å². The third-order valence-corrected chi connectivity index (χ3v) is 28.2. The van der Waals surface area contributed by atoms with Crippen LogP contribution in [0.25, 0.3) is 230 Å². The quantitative estimate of drug-likeness (QED) is 0.100. The number of hydrogen-bond acceptors (Lipinski definition) is 3. The summed E-state index contributed by atoms with van der Waals surface area (Å²) in [6, 6.07) is 134. The van der Waals surface area contributed by atoms with Gasteiger partial charge in [0, 0.05) is 37.9 Å². The van der Waals surface area contributed by atoms with Crippen LogP contribution >= 0.6 is 0 Å². The molecule has 0 unspecified atom stereocenters. The summed E-state index contributed by atoms with van der Waals surface area (Å²) in [5, 5.41) is 30.3. The van der Waals surface area contributed by atoms with Crippen LogP contribution < -0.4 is 0 Å². The van der Waals surface area contributed by atoms with E-state index in [0.29, 0.717) is 0 Å². The van der Waals surface area contributed by atoms with Crippen LogP contribution in [0.4, 0.5) is 0 Å². The molecule has 0 saturated carbocycles. The molecule has 27 rings (SSSR count). The summed E-state index contributed by atoms with van der Waals surface area (Å²) in [7, 11) is -2.91. The average molecular weight is 1610 g/mol. The van der Waals surface area contributed by atoms with E-state index in [4.69, 9.17) is 13.3 Å². The Morgan fingerprint density at radius 2 is 0.524 bits per heavy atom. The Balaban J connectivity index is 0.000000106. The van der Waals surface area contributed by atoms with E-state index in [1.807, 2.05) is 0 Å². The second kappa shape index (κ2) is 27.0. The fraction of sp³-hybridized carbons (Fsp3) is 0.0588. The molecule has 124 heavy (non-hydrogen) atoms. The molecule has 2 aliphatic carbocycles. The highest BCUT2D eigenvalue weighted by Crippen LogP contribution is 2.63. The molecule has 0 atom stereocenters. The maximum Gasteiger partial charge on any atom is 0.151 e. The lowest BCUT2D eigenvalue weighted by Crippen LogP contribution is -2.25. The first-order valence-electron chi connectivity index (χ1n) is 43.1. The normalized spacial score (nSPS) is 12.9. The molecular formula is C119H78O3Si2. The van der Waals surface area contributed by atoms with Gasteiger partial charge >= 0.3 is 0 Å². The van der Waals surface area contributed by atoms with E-state index >= 15 is 0 Å². The van der Waals surface area contributed by atoms with Crippen molar-refractivity contribution < 1.29 is 13.3 Å². The van der Waals surface area contributed by atoms with Gasteiger partial charge in [0.1, 0.15) is 44.1 Å². The fourth-order valence-electron chi connectivity index (χ4n) is 21.0. The van der Waals surface area contributed by atoms with Crippen LogP contribution in [0.3, 0.4) is 0 Å². The van der Waals surface area contributed by atoms with Crippen molar-refractivity contribution in [2.75, 3.05) is 0 Å². The van der Waals surface area contributed by atoms with Gasteiger partial charge in [0.15, 0.2) is 5.58 Å². The molecule has 25 aromatic rings. The number of fused-ring (bicyclic) bond motifs is 19. The highest BCUT2D eigenvalue weighted by Gasteiger charge is 2.51. The molecular weight excluding hydrogens is 1530 g/mol. The lowest BCUT2D eigenvalue weighted by Gasteiger charge is -2.30. The van der Waals surface area contributed by atoms with Crippen molar-refractivity contribution >= 4 is 179 Å². The van der Waals surface area contributed by atoms with E-state index in [1.165, 1.54) is 186 Å².